The summed E-state index contributed by atoms with van der Waals surface area (Å²) in [6, 6.07) is 18.1. The first-order valence-corrected chi connectivity index (χ1v) is 13.3. The fourth-order valence-electron chi connectivity index (χ4n) is 3.89. The summed E-state index contributed by atoms with van der Waals surface area (Å²) in [5, 5.41) is 0.802. The maximum absolute atomic E-state index is 12.6. The lowest BCUT2D eigenvalue weighted by molar-refractivity contribution is -0.643. The Morgan fingerprint density at radius 1 is 0.882 bits per heavy atom. The molecule has 3 rings (SSSR count). The highest BCUT2D eigenvalue weighted by molar-refractivity contribution is 7.21. The zero-order chi connectivity index (χ0) is 23.1. The lowest BCUT2D eigenvalue weighted by atomic mass is 10.1. The molecule has 0 N–H and O–H groups in total. The molecule has 0 atom stereocenters. The number of thiazole rings is 1. The Morgan fingerprint density at radius 2 is 1.50 bits per heavy atom. The molecule has 0 bridgehead atoms. The number of halogens is 1. The minimum absolute atomic E-state index is 0. The number of ether oxygens (including phenoxy) is 1. The van der Waals surface area contributed by atoms with Gasteiger partial charge in [-0.1, -0.05) is 107 Å². The number of aromatic nitrogens is 1. The Hall–Kier alpha value is -2.05. The second-order valence-electron chi connectivity index (χ2n) is 8.51. The van der Waals surface area contributed by atoms with E-state index < -0.39 is 0 Å². The van der Waals surface area contributed by atoms with E-state index in [-0.39, 0.29) is 29.5 Å². The highest BCUT2D eigenvalue weighted by Gasteiger charge is 2.21. The number of para-hydroxylation sites is 1. The molecule has 0 aliphatic carbocycles. The van der Waals surface area contributed by atoms with Crippen molar-refractivity contribution in [2.75, 3.05) is 6.61 Å². The quantitative estimate of drug-likeness (QED) is 0.123. The summed E-state index contributed by atoms with van der Waals surface area (Å²) in [5.74, 6) is -0.198. The number of benzene rings is 2. The van der Waals surface area contributed by atoms with Crippen molar-refractivity contribution >= 4 is 38.9 Å². The van der Waals surface area contributed by atoms with Gasteiger partial charge in [0.2, 0.25) is 0 Å². The van der Waals surface area contributed by atoms with Gasteiger partial charge < -0.3 is 21.7 Å². The summed E-state index contributed by atoms with van der Waals surface area (Å²) in [7, 11) is 0. The lowest BCUT2D eigenvalue weighted by Gasteiger charge is -2.05. The molecule has 0 aliphatic rings. The molecular weight excluding hydrogens is 508 g/mol. The van der Waals surface area contributed by atoms with Crippen LogP contribution in [0.5, 0.6) is 0 Å². The Bertz CT molecular complexity index is 1000. The minimum Gasteiger partial charge on any atom is -1.00 e. The molecule has 1 heterocycles. The Balaban J connectivity index is 0.00000408. The molecule has 0 radical (unpaired) electrons. The zero-order valence-corrected chi connectivity index (χ0v) is 22.7. The average molecular weight is 546 g/mol. The van der Waals surface area contributed by atoms with Crippen LogP contribution in [-0.4, -0.2) is 18.8 Å². The van der Waals surface area contributed by atoms with Crippen molar-refractivity contribution in [3.63, 3.8) is 0 Å². The predicted molar refractivity (Wildman–Crippen MR) is 139 cm³/mol. The van der Waals surface area contributed by atoms with Crippen molar-refractivity contribution in [2.24, 2.45) is 4.99 Å². The molecule has 1 aromatic heterocycles. The molecule has 184 valence electrons. The number of carbonyl (C=O) groups is 1. The molecule has 0 fully saturated rings. The van der Waals surface area contributed by atoms with Gasteiger partial charge in [0.05, 0.1) is 11.3 Å². The predicted octanol–water partition coefficient (Wildman–Crippen LogP) is 4.41. The van der Waals surface area contributed by atoms with Gasteiger partial charge >= 0.3 is 11.1 Å². The van der Waals surface area contributed by atoms with Gasteiger partial charge in [0.25, 0.3) is 0 Å². The summed E-state index contributed by atoms with van der Waals surface area (Å²) in [4.78, 5) is 17.2. The maximum Gasteiger partial charge on any atom is 0.383 e. The number of hydrogen-bond donors (Lipinski definition) is 0. The molecule has 4 nitrogen and oxygen atoms in total. The number of rotatable bonds is 15. The average Bonchev–Trinajstić information content (AvgIpc) is 3.19. The van der Waals surface area contributed by atoms with Gasteiger partial charge in [0.15, 0.2) is 6.54 Å². The normalized spacial score (nSPS) is 11.1. The highest BCUT2D eigenvalue weighted by Crippen LogP contribution is 2.26. The van der Waals surface area contributed by atoms with Crippen molar-refractivity contribution < 1.29 is 31.1 Å². The third-order valence-corrected chi connectivity index (χ3v) is 6.83. The van der Waals surface area contributed by atoms with Crippen LogP contribution in [0.15, 0.2) is 59.6 Å². The van der Waals surface area contributed by atoms with Gasteiger partial charge in [0.1, 0.15) is 11.7 Å². The van der Waals surface area contributed by atoms with Gasteiger partial charge in [-0.25, -0.2) is 9.36 Å². The molecule has 0 spiro atoms. The van der Waals surface area contributed by atoms with Crippen molar-refractivity contribution in [3.05, 3.63) is 60.2 Å². The van der Waals surface area contributed by atoms with E-state index in [4.69, 9.17) is 4.74 Å². The standard InChI is InChI=1S/C28H37N2O2S.BrH/c1-2-3-4-5-6-7-8-9-10-16-21-32-27(31)23-30-25-19-14-15-20-26(25)33-28(30)29-22-24-17-12-11-13-18-24;/h11-15,17-20,22H,2-10,16,21,23H2,1H3;1H/q+1;/p-1. The summed E-state index contributed by atoms with van der Waals surface area (Å²) < 4.78 is 8.62. The first-order valence-electron chi connectivity index (χ1n) is 12.4. The topological polar surface area (TPSA) is 42.5 Å². The monoisotopic (exact) mass is 544 g/mol. The fourth-order valence-corrected chi connectivity index (χ4v) is 4.90. The number of fused-ring (bicyclic) bond motifs is 1. The van der Waals surface area contributed by atoms with Crippen LogP contribution in [0.4, 0.5) is 5.13 Å². The minimum atomic E-state index is -0.198. The molecule has 34 heavy (non-hydrogen) atoms. The van der Waals surface area contributed by atoms with E-state index >= 15 is 0 Å². The van der Waals surface area contributed by atoms with E-state index in [9.17, 15) is 4.79 Å². The molecule has 6 heteroatoms. The van der Waals surface area contributed by atoms with Crippen molar-refractivity contribution in [2.45, 2.75) is 77.7 Å². The van der Waals surface area contributed by atoms with Crippen molar-refractivity contribution in [1.29, 1.82) is 0 Å². The number of hydrogen-bond acceptors (Lipinski definition) is 4. The Morgan fingerprint density at radius 3 is 2.21 bits per heavy atom. The van der Waals surface area contributed by atoms with Crippen LogP contribution in [0.2, 0.25) is 0 Å². The number of carbonyl (C=O) groups excluding carboxylic acids is 1. The van der Waals surface area contributed by atoms with E-state index in [2.05, 4.69) is 18.0 Å². The van der Waals surface area contributed by atoms with Crippen LogP contribution in [0.3, 0.4) is 0 Å². The Labute approximate surface area is 218 Å². The van der Waals surface area contributed by atoms with Crippen LogP contribution in [0.25, 0.3) is 10.2 Å². The number of esters is 1. The van der Waals surface area contributed by atoms with Crippen LogP contribution in [0.1, 0.15) is 76.7 Å². The van der Waals surface area contributed by atoms with Gasteiger partial charge in [-0.3, -0.25) is 0 Å². The first-order chi connectivity index (χ1) is 16.3. The molecule has 0 unspecified atom stereocenters. The zero-order valence-electron chi connectivity index (χ0n) is 20.3. The summed E-state index contributed by atoms with van der Waals surface area (Å²) in [6.07, 6.45) is 14.5. The summed E-state index contributed by atoms with van der Waals surface area (Å²) in [5.41, 5.74) is 2.05. The highest BCUT2D eigenvalue weighted by atomic mass is 79.9. The third-order valence-electron chi connectivity index (χ3n) is 5.76. The van der Waals surface area contributed by atoms with Gasteiger partial charge in [-0.15, -0.1) is 0 Å². The van der Waals surface area contributed by atoms with E-state index in [1.54, 1.807) is 11.3 Å². The summed E-state index contributed by atoms with van der Waals surface area (Å²) >= 11 is 1.59. The van der Waals surface area contributed by atoms with Crippen LogP contribution in [-0.2, 0) is 16.1 Å². The molecule has 3 aromatic rings. The van der Waals surface area contributed by atoms with Crippen molar-refractivity contribution in [3.8, 4) is 0 Å². The first kappa shape index (κ1) is 28.2. The van der Waals surface area contributed by atoms with E-state index in [0.29, 0.717) is 6.61 Å². The molecule has 0 aliphatic heterocycles. The van der Waals surface area contributed by atoms with Crippen molar-refractivity contribution in [1.82, 2.24) is 0 Å². The van der Waals surface area contributed by atoms with Gasteiger partial charge in [-0.2, -0.15) is 0 Å². The van der Waals surface area contributed by atoms with Gasteiger partial charge in [-0.05, 0) is 34.9 Å². The molecule has 2 aromatic carbocycles. The second kappa shape index (κ2) is 16.6. The second-order valence-corrected chi connectivity index (χ2v) is 9.52. The molecular formula is C28H37BrN2O2S. The number of nitrogens with zero attached hydrogens (tertiary/aromatic N) is 2. The summed E-state index contributed by atoms with van der Waals surface area (Å²) in [6.45, 7) is 2.94. The largest absolute Gasteiger partial charge is 1.00 e. The van der Waals surface area contributed by atoms with Gasteiger partial charge in [0, 0.05) is 5.56 Å². The lowest BCUT2D eigenvalue weighted by Crippen LogP contribution is -3.00. The van der Waals surface area contributed by atoms with E-state index in [1.807, 2.05) is 59.3 Å². The number of unbranched alkanes of at least 4 members (excludes halogenated alkanes) is 9. The van der Waals surface area contributed by atoms with Crippen LogP contribution in [0, 0.1) is 0 Å². The van der Waals surface area contributed by atoms with Crippen LogP contribution >= 0.6 is 11.3 Å². The fraction of sp³-hybridized carbons (Fsp3) is 0.464. The van der Waals surface area contributed by atoms with E-state index in [1.165, 1.54) is 51.4 Å². The number of aliphatic imine (C=N–C) groups is 1. The molecule has 0 amide bonds. The molecule has 0 saturated heterocycles. The van der Waals surface area contributed by atoms with E-state index in [0.717, 1.165) is 33.8 Å². The third kappa shape index (κ3) is 9.67. The molecule has 0 saturated carbocycles. The SMILES string of the molecule is CCCCCCCCCCCCOC(=O)C[n+]1c(N=Cc2ccccc2)sc2ccccc21.[Br-]. The van der Waals surface area contributed by atoms with Crippen LogP contribution < -0.4 is 21.5 Å². The Kier molecular flexibility index (Phi) is 13.7. The smallest absolute Gasteiger partial charge is 0.383 e. The maximum atomic E-state index is 12.6.